The third kappa shape index (κ3) is 4.59. The highest BCUT2D eigenvalue weighted by Gasteiger charge is 2.30. The maximum atomic E-state index is 12.1. The van der Waals surface area contributed by atoms with E-state index in [0.29, 0.717) is 6.54 Å². The zero-order chi connectivity index (χ0) is 15.1. The van der Waals surface area contributed by atoms with Gasteiger partial charge >= 0.3 is 5.97 Å². The Morgan fingerprint density at radius 3 is 2.33 bits per heavy atom. The minimum atomic E-state index is -0.141. The smallest absolute Gasteiger partial charge is 0.308 e. The molecule has 1 aliphatic carbocycles. The third-order valence-electron chi connectivity index (χ3n) is 4.19. The molecule has 0 atom stereocenters. The largest absolute Gasteiger partial charge is 0.469 e. The summed E-state index contributed by atoms with van der Waals surface area (Å²) in [6.45, 7) is 0.666. The van der Waals surface area contributed by atoms with Gasteiger partial charge in [-0.2, -0.15) is 0 Å². The molecule has 0 aliphatic heterocycles. The number of nitrogens with one attached hydrogen (secondary N) is 1. The van der Waals surface area contributed by atoms with Gasteiger partial charge in [-0.25, -0.2) is 0 Å². The van der Waals surface area contributed by atoms with Crippen LogP contribution in [0.5, 0.6) is 0 Å². The average Bonchev–Trinajstić information content (AvgIpc) is 2.55. The summed E-state index contributed by atoms with van der Waals surface area (Å²) in [5, 5.41) is 3.00. The van der Waals surface area contributed by atoms with Crippen LogP contribution in [-0.2, 0) is 20.7 Å². The van der Waals surface area contributed by atoms with Crippen molar-refractivity contribution in [3.8, 4) is 0 Å². The molecule has 4 heteroatoms. The van der Waals surface area contributed by atoms with E-state index in [4.69, 9.17) is 4.74 Å². The van der Waals surface area contributed by atoms with Crippen molar-refractivity contribution in [1.82, 2.24) is 5.32 Å². The van der Waals surface area contributed by atoms with E-state index in [9.17, 15) is 9.59 Å². The lowest BCUT2D eigenvalue weighted by atomic mass is 9.81. The quantitative estimate of drug-likeness (QED) is 0.846. The van der Waals surface area contributed by atoms with Crippen LogP contribution in [0.25, 0.3) is 0 Å². The SMILES string of the molecule is COC(=O)C1CCC(C(=O)NCCc2ccccc2)CC1. The molecule has 1 aliphatic rings. The molecule has 21 heavy (non-hydrogen) atoms. The summed E-state index contributed by atoms with van der Waals surface area (Å²) in [5.74, 6) is -0.00256. The summed E-state index contributed by atoms with van der Waals surface area (Å²) in [6, 6.07) is 10.1. The van der Waals surface area contributed by atoms with Crippen LogP contribution < -0.4 is 5.32 Å². The lowest BCUT2D eigenvalue weighted by molar-refractivity contribution is -0.147. The molecule has 1 N–H and O–H groups in total. The molecule has 0 radical (unpaired) electrons. The molecule has 2 rings (SSSR count). The standard InChI is InChI=1S/C17H23NO3/c1-21-17(20)15-9-7-14(8-10-15)16(19)18-12-11-13-5-3-2-4-6-13/h2-6,14-15H,7-12H2,1H3,(H,18,19). The van der Waals surface area contributed by atoms with Crippen molar-refractivity contribution in [3.05, 3.63) is 35.9 Å². The van der Waals surface area contributed by atoms with Gasteiger partial charge in [-0.1, -0.05) is 30.3 Å². The molecule has 0 unspecified atom stereocenters. The number of methoxy groups -OCH3 is 1. The third-order valence-corrected chi connectivity index (χ3v) is 4.19. The second kappa shape index (κ2) is 7.81. The molecule has 1 aromatic rings. The van der Waals surface area contributed by atoms with E-state index >= 15 is 0 Å². The first-order valence-electron chi connectivity index (χ1n) is 7.60. The summed E-state index contributed by atoms with van der Waals surface area (Å²) in [6.07, 6.45) is 3.91. The molecule has 114 valence electrons. The molecule has 1 saturated carbocycles. The van der Waals surface area contributed by atoms with Crippen LogP contribution in [0.2, 0.25) is 0 Å². The number of rotatable bonds is 5. The number of carbonyl (C=O) groups excluding carboxylic acids is 2. The van der Waals surface area contributed by atoms with Crippen molar-refractivity contribution >= 4 is 11.9 Å². The summed E-state index contributed by atoms with van der Waals surface area (Å²) in [7, 11) is 1.42. The van der Waals surface area contributed by atoms with Gasteiger partial charge in [0.2, 0.25) is 5.91 Å². The van der Waals surface area contributed by atoms with Crippen molar-refractivity contribution < 1.29 is 14.3 Å². The molecule has 0 heterocycles. The van der Waals surface area contributed by atoms with E-state index in [1.807, 2.05) is 18.2 Å². The highest BCUT2D eigenvalue weighted by atomic mass is 16.5. The monoisotopic (exact) mass is 289 g/mol. The average molecular weight is 289 g/mol. The maximum absolute atomic E-state index is 12.1. The predicted octanol–water partition coefficient (Wildman–Crippen LogP) is 2.32. The molecule has 0 bridgehead atoms. The number of esters is 1. The van der Waals surface area contributed by atoms with Gasteiger partial charge in [-0.05, 0) is 37.7 Å². The van der Waals surface area contributed by atoms with Crippen molar-refractivity contribution in [2.75, 3.05) is 13.7 Å². The van der Waals surface area contributed by atoms with Crippen molar-refractivity contribution in [2.24, 2.45) is 11.8 Å². The number of hydrogen-bond donors (Lipinski definition) is 1. The highest BCUT2D eigenvalue weighted by Crippen LogP contribution is 2.29. The van der Waals surface area contributed by atoms with Crippen LogP contribution in [0.4, 0.5) is 0 Å². The second-order valence-corrected chi connectivity index (χ2v) is 5.60. The van der Waals surface area contributed by atoms with Gasteiger partial charge < -0.3 is 10.1 Å². The Morgan fingerprint density at radius 2 is 1.71 bits per heavy atom. The molecule has 1 fully saturated rings. The van der Waals surface area contributed by atoms with Crippen molar-refractivity contribution in [1.29, 1.82) is 0 Å². The minimum Gasteiger partial charge on any atom is -0.469 e. The molecule has 0 spiro atoms. The molecule has 0 saturated heterocycles. The van der Waals surface area contributed by atoms with Crippen LogP contribution in [0, 0.1) is 11.8 Å². The van der Waals surface area contributed by atoms with E-state index in [0.717, 1.165) is 32.1 Å². The van der Waals surface area contributed by atoms with Gasteiger partial charge in [0.25, 0.3) is 0 Å². The van der Waals surface area contributed by atoms with Crippen molar-refractivity contribution in [3.63, 3.8) is 0 Å². The zero-order valence-corrected chi connectivity index (χ0v) is 12.5. The number of carbonyl (C=O) groups is 2. The number of benzene rings is 1. The topological polar surface area (TPSA) is 55.4 Å². The Kier molecular flexibility index (Phi) is 5.78. The lowest BCUT2D eigenvalue weighted by Crippen LogP contribution is -2.35. The Labute approximate surface area is 125 Å². The van der Waals surface area contributed by atoms with Gasteiger partial charge in [0.05, 0.1) is 13.0 Å². The van der Waals surface area contributed by atoms with Gasteiger partial charge in [-0.3, -0.25) is 9.59 Å². The maximum Gasteiger partial charge on any atom is 0.308 e. The van der Waals surface area contributed by atoms with Gasteiger partial charge in [0.15, 0.2) is 0 Å². The first-order chi connectivity index (χ1) is 10.2. The highest BCUT2D eigenvalue weighted by molar-refractivity contribution is 5.79. The lowest BCUT2D eigenvalue weighted by Gasteiger charge is -2.26. The number of ether oxygens (including phenoxy) is 1. The Bertz CT molecular complexity index is 464. The van der Waals surface area contributed by atoms with E-state index < -0.39 is 0 Å². The van der Waals surface area contributed by atoms with Crippen LogP contribution in [0.15, 0.2) is 30.3 Å². The van der Waals surface area contributed by atoms with E-state index in [2.05, 4.69) is 17.4 Å². The Hall–Kier alpha value is -1.84. The van der Waals surface area contributed by atoms with Gasteiger partial charge in [-0.15, -0.1) is 0 Å². The van der Waals surface area contributed by atoms with Crippen LogP contribution in [0.1, 0.15) is 31.2 Å². The van der Waals surface area contributed by atoms with Crippen LogP contribution in [0.3, 0.4) is 0 Å². The summed E-state index contributed by atoms with van der Waals surface area (Å²) >= 11 is 0. The predicted molar refractivity (Wildman–Crippen MR) is 80.6 cm³/mol. The second-order valence-electron chi connectivity index (χ2n) is 5.60. The van der Waals surface area contributed by atoms with Crippen molar-refractivity contribution in [2.45, 2.75) is 32.1 Å². The molecular formula is C17H23NO3. The van der Waals surface area contributed by atoms with Gasteiger partial charge in [0, 0.05) is 12.5 Å². The summed E-state index contributed by atoms with van der Waals surface area (Å²) in [5.41, 5.74) is 1.23. The fraction of sp³-hybridized carbons (Fsp3) is 0.529. The van der Waals surface area contributed by atoms with E-state index in [1.165, 1.54) is 12.7 Å². The fourth-order valence-electron chi connectivity index (χ4n) is 2.88. The van der Waals surface area contributed by atoms with Crippen LogP contribution >= 0.6 is 0 Å². The number of hydrogen-bond acceptors (Lipinski definition) is 3. The Balaban J connectivity index is 1.69. The van der Waals surface area contributed by atoms with Gasteiger partial charge in [0.1, 0.15) is 0 Å². The molecular weight excluding hydrogens is 266 g/mol. The van der Waals surface area contributed by atoms with E-state index in [1.54, 1.807) is 0 Å². The number of amides is 1. The normalized spacial score (nSPS) is 21.6. The molecule has 4 nitrogen and oxygen atoms in total. The fourth-order valence-corrected chi connectivity index (χ4v) is 2.88. The molecule has 0 aromatic heterocycles. The zero-order valence-electron chi connectivity index (χ0n) is 12.5. The molecule has 1 aromatic carbocycles. The first-order valence-corrected chi connectivity index (χ1v) is 7.60. The Morgan fingerprint density at radius 1 is 1.10 bits per heavy atom. The summed E-state index contributed by atoms with van der Waals surface area (Å²) in [4.78, 5) is 23.6. The molecule has 1 amide bonds. The summed E-state index contributed by atoms with van der Waals surface area (Å²) < 4.78 is 4.76. The minimum absolute atomic E-state index is 0.0247. The van der Waals surface area contributed by atoms with E-state index in [-0.39, 0.29) is 23.7 Å². The van der Waals surface area contributed by atoms with Crippen LogP contribution in [-0.4, -0.2) is 25.5 Å². The first kappa shape index (κ1) is 15.5.